The van der Waals surface area contributed by atoms with Gasteiger partial charge in [0.2, 0.25) is 0 Å². The minimum Gasteiger partial charge on any atom is -0.396 e. The quantitative estimate of drug-likeness (QED) is 0.734. The molecule has 0 saturated heterocycles. The van der Waals surface area contributed by atoms with Gasteiger partial charge in [-0.15, -0.1) is 0 Å². The molecule has 0 spiro atoms. The molecule has 0 aromatic carbocycles. The molecule has 0 amide bonds. The van der Waals surface area contributed by atoms with Crippen molar-refractivity contribution in [1.82, 2.24) is 4.98 Å². The molecule has 1 aromatic heterocycles. The van der Waals surface area contributed by atoms with Crippen molar-refractivity contribution in [2.75, 3.05) is 44.0 Å². The maximum atomic E-state index is 9.01. The minimum atomic E-state index is 0.0682. The first-order valence-electron chi connectivity index (χ1n) is 5.26. The maximum Gasteiger partial charge on any atom is 0.152 e. The Morgan fingerprint density at radius 1 is 1.50 bits per heavy atom. The van der Waals surface area contributed by atoms with Crippen LogP contribution in [0.2, 0.25) is 0 Å². The van der Waals surface area contributed by atoms with Gasteiger partial charge < -0.3 is 20.5 Å². The van der Waals surface area contributed by atoms with Gasteiger partial charge in [-0.1, -0.05) is 0 Å². The summed E-state index contributed by atoms with van der Waals surface area (Å²) < 4.78 is 5.02. The average Bonchev–Trinajstić information content (AvgIpc) is 2.28. The number of aliphatic hydroxyl groups excluding tert-OH is 1. The highest BCUT2D eigenvalue weighted by Gasteiger charge is 2.11. The van der Waals surface area contributed by atoms with Crippen molar-refractivity contribution in [3.05, 3.63) is 17.8 Å². The molecule has 0 aliphatic rings. The molecule has 0 unspecified atom stereocenters. The van der Waals surface area contributed by atoms with E-state index in [0.29, 0.717) is 31.2 Å². The van der Waals surface area contributed by atoms with Gasteiger partial charge in [-0.3, -0.25) is 0 Å². The smallest absolute Gasteiger partial charge is 0.152 e. The van der Waals surface area contributed by atoms with E-state index in [9.17, 15) is 0 Å². The lowest BCUT2D eigenvalue weighted by molar-refractivity contribution is 0.202. The summed E-state index contributed by atoms with van der Waals surface area (Å²) in [6.07, 6.45) is 1.72. The summed E-state index contributed by atoms with van der Waals surface area (Å²) in [5.41, 5.74) is 7.61. The Bertz CT molecular complexity index is 331. The Morgan fingerprint density at radius 2 is 2.25 bits per heavy atom. The van der Waals surface area contributed by atoms with Crippen LogP contribution in [0.1, 0.15) is 5.56 Å². The Balaban J connectivity index is 2.86. The number of hydrogen-bond donors (Lipinski definition) is 2. The highest BCUT2D eigenvalue weighted by molar-refractivity contribution is 5.66. The van der Waals surface area contributed by atoms with E-state index >= 15 is 0 Å². The molecule has 0 aliphatic carbocycles. The van der Waals surface area contributed by atoms with Gasteiger partial charge >= 0.3 is 0 Å². The van der Waals surface area contributed by atoms with E-state index in [1.807, 2.05) is 17.9 Å². The summed E-state index contributed by atoms with van der Waals surface area (Å²) >= 11 is 0. The van der Waals surface area contributed by atoms with Gasteiger partial charge in [-0.25, -0.2) is 4.98 Å². The maximum absolute atomic E-state index is 9.01. The van der Waals surface area contributed by atoms with E-state index in [-0.39, 0.29) is 6.61 Å². The number of nitrogens with two attached hydrogens (primary N) is 1. The van der Waals surface area contributed by atoms with Crippen molar-refractivity contribution in [2.24, 2.45) is 0 Å². The van der Waals surface area contributed by atoms with Crippen LogP contribution in [0, 0.1) is 6.92 Å². The van der Waals surface area contributed by atoms with Crippen LogP contribution in [0.4, 0.5) is 11.5 Å². The molecule has 16 heavy (non-hydrogen) atoms. The first kappa shape index (κ1) is 12.7. The van der Waals surface area contributed by atoms with E-state index in [0.717, 1.165) is 5.56 Å². The number of aromatic nitrogens is 1. The zero-order valence-corrected chi connectivity index (χ0v) is 9.81. The number of hydrogen-bond acceptors (Lipinski definition) is 5. The van der Waals surface area contributed by atoms with E-state index in [4.69, 9.17) is 15.6 Å². The zero-order valence-electron chi connectivity index (χ0n) is 9.81. The van der Waals surface area contributed by atoms with Crippen LogP contribution >= 0.6 is 0 Å². The van der Waals surface area contributed by atoms with Crippen LogP contribution in [-0.4, -0.2) is 43.5 Å². The highest BCUT2D eigenvalue weighted by atomic mass is 16.5. The second kappa shape index (κ2) is 6.30. The van der Waals surface area contributed by atoms with Crippen molar-refractivity contribution in [3.8, 4) is 0 Å². The van der Waals surface area contributed by atoms with Crippen molar-refractivity contribution in [3.63, 3.8) is 0 Å². The molecule has 5 heteroatoms. The second-order valence-corrected chi connectivity index (χ2v) is 3.57. The number of nitrogens with zero attached hydrogens (tertiary/aromatic N) is 2. The molecular weight excluding hydrogens is 206 g/mol. The Hall–Kier alpha value is -1.33. The summed E-state index contributed by atoms with van der Waals surface area (Å²) in [6.45, 7) is 3.75. The monoisotopic (exact) mass is 225 g/mol. The van der Waals surface area contributed by atoms with Crippen LogP contribution in [-0.2, 0) is 4.74 Å². The number of aliphatic hydroxyl groups is 1. The number of aryl methyl sites for hydroxylation is 1. The average molecular weight is 225 g/mol. The number of ether oxygens (including phenoxy) is 1. The predicted molar refractivity (Wildman–Crippen MR) is 64.6 cm³/mol. The largest absolute Gasteiger partial charge is 0.396 e. The van der Waals surface area contributed by atoms with Gasteiger partial charge in [0.1, 0.15) is 0 Å². The molecule has 0 bridgehead atoms. The topological polar surface area (TPSA) is 71.6 Å². The van der Waals surface area contributed by atoms with Gasteiger partial charge in [0.25, 0.3) is 0 Å². The van der Waals surface area contributed by atoms with Crippen LogP contribution in [0.3, 0.4) is 0 Å². The molecule has 5 nitrogen and oxygen atoms in total. The number of anilines is 2. The molecule has 3 N–H and O–H groups in total. The van der Waals surface area contributed by atoms with E-state index < -0.39 is 0 Å². The first-order valence-corrected chi connectivity index (χ1v) is 5.26. The summed E-state index contributed by atoms with van der Waals surface area (Å²) in [5.74, 6) is 0.714. The zero-order chi connectivity index (χ0) is 12.0. The van der Waals surface area contributed by atoms with Crippen LogP contribution in [0.5, 0.6) is 0 Å². The van der Waals surface area contributed by atoms with Gasteiger partial charge in [-0.2, -0.15) is 0 Å². The fourth-order valence-electron chi connectivity index (χ4n) is 1.45. The predicted octanol–water partition coefficient (Wildman–Crippen LogP) is 0.417. The normalized spacial score (nSPS) is 10.4. The number of nitrogen functional groups attached to an aromatic ring is 1. The van der Waals surface area contributed by atoms with E-state index in [1.54, 1.807) is 13.3 Å². The SMILES string of the molecule is COCCN(CCO)c1nccc(C)c1N. The summed E-state index contributed by atoms with van der Waals surface area (Å²) in [6, 6.07) is 1.87. The third kappa shape index (κ3) is 3.08. The van der Waals surface area contributed by atoms with Crippen molar-refractivity contribution >= 4 is 11.5 Å². The summed E-state index contributed by atoms with van der Waals surface area (Å²) in [4.78, 5) is 6.17. The number of rotatable bonds is 6. The van der Waals surface area contributed by atoms with Crippen molar-refractivity contribution < 1.29 is 9.84 Å². The molecule has 0 saturated carbocycles. The second-order valence-electron chi connectivity index (χ2n) is 3.57. The summed E-state index contributed by atoms with van der Waals surface area (Å²) in [7, 11) is 1.64. The van der Waals surface area contributed by atoms with E-state index in [2.05, 4.69) is 4.98 Å². The third-order valence-corrected chi connectivity index (χ3v) is 2.42. The molecular formula is C11H19N3O2. The molecule has 0 radical (unpaired) electrons. The van der Waals surface area contributed by atoms with Gasteiger partial charge in [-0.05, 0) is 18.6 Å². The molecule has 1 heterocycles. The number of pyridine rings is 1. The van der Waals surface area contributed by atoms with Crippen LogP contribution < -0.4 is 10.6 Å². The van der Waals surface area contributed by atoms with Gasteiger partial charge in [0.15, 0.2) is 5.82 Å². The lowest BCUT2D eigenvalue weighted by Gasteiger charge is -2.24. The third-order valence-electron chi connectivity index (χ3n) is 2.42. The standard InChI is InChI=1S/C11H19N3O2/c1-9-3-4-13-11(10(9)12)14(5-7-15)6-8-16-2/h3-4,15H,5-8,12H2,1-2H3. The molecule has 0 fully saturated rings. The van der Waals surface area contributed by atoms with Crippen molar-refractivity contribution in [2.45, 2.75) is 6.92 Å². The molecule has 1 aromatic rings. The fourth-order valence-corrected chi connectivity index (χ4v) is 1.45. The molecule has 1 rings (SSSR count). The van der Waals surface area contributed by atoms with Crippen LogP contribution in [0.15, 0.2) is 12.3 Å². The Labute approximate surface area is 95.8 Å². The van der Waals surface area contributed by atoms with Gasteiger partial charge in [0, 0.05) is 26.4 Å². The molecule has 0 atom stereocenters. The lowest BCUT2D eigenvalue weighted by Crippen LogP contribution is -2.31. The van der Waals surface area contributed by atoms with Crippen LogP contribution in [0.25, 0.3) is 0 Å². The van der Waals surface area contributed by atoms with E-state index in [1.165, 1.54) is 0 Å². The Kier molecular flexibility index (Phi) is 5.01. The number of methoxy groups -OCH3 is 1. The minimum absolute atomic E-state index is 0.0682. The summed E-state index contributed by atoms with van der Waals surface area (Å²) in [5, 5.41) is 9.01. The Morgan fingerprint density at radius 3 is 2.88 bits per heavy atom. The molecule has 0 aliphatic heterocycles. The fraction of sp³-hybridized carbons (Fsp3) is 0.545. The van der Waals surface area contributed by atoms with Gasteiger partial charge in [0.05, 0.1) is 18.9 Å². The first-order chi connectivity index (χ1) is 7.70. The molecule has 90 valence electrons. The lowest BCUT2D eigenvalue weighted by atomic mass is 10.2. The highest BCUT2D eigenvalue weighted by Crippen LogP contribution is 2.22. The van der Waals surface area contributed by atoms with Crippen molar-refractivity contribution in [1.29, 1.82) is 0 Å².